The molecule has 1 aromatic heterocycles. The first kappa shape index (κ1) is 13.8. The zero-order chi connectivity index (χ0) is 14.2. The first-order valence-electron chi connectivity index (χ1n) is 6.58. The summed E-state index contributed by atoms with van der Waals surface area (Å²) in [4.78, 5) is 4.78. The van der Waals surface area contributed by atoms with Crippen LogP contribution in [0.25, 0.3) is 10.9 Å². The number of aromatic nitrogens is 1. The molecule has 0 saturated carbocycles. The lowest BCUT2D eigenvalue weighted by atomic mass is 9.89. The second kappa shape index (κ2) is 4.82. The second-order valence-corrected chi connectivity index (χ2v) is 5.99. The lowest BCUT2D eigenvalue weighted by Gasteiger charge is -2.21. The monoisotopic (exact) mass is 258 g/mol. The summed E-state index contributed by atoms with van der Waals surface area (Å²) in [6.45, 7) is 8.46. The van der Waals surface area contributed by atoms with Crippen LogP contribution in [0, 0.1) is 0 Å². The van der Waals surface area contributed by atoms with Crippen molar-refractivity contribution in [3.8, 4) is 5.75 Å². The van der Waals surface area contributed by atoms with Crippen molar-refractivity contribution >= 4 is 10.9 Å². The van der Waals surface area contributed by atoms with Gasteiger partial charge in [0.15, 0.2) is 0 Å². The van der Waals surface area contributed by atoms with E-state index in [1.165, 1.54) is 0 Å². The van der Waals surface area contributed by atoms with E-state index in [4.69, 9.17) is 15.5 Å². The Morgan fingerprint density at radius 2 is 1.95 bits per heavy atom. The van der Waals surface area contributed by atoms with Gasteiger partial charge in [0.05, 0.1) is 7.11 Å². The zero-order valence-corrected chi connectivity index (χ0v) is 12.3. The molecule has 0 fully saturated rings. The van der Waals surface area contributed by atoms with Crippen molar-refractivity contribution < 1.29 is 4.74 Å². The number of fused-ring (bicyclic) bond motifs is 1. The van der Waals surface area contributed by atoms with E-state index in [1.54, 1.807) is 7.11 Å². The van der Waals surface area contributed by atoms with Gasteiger partial charge in [-0.05, 0) is 24.6 Å². The van der Waals surface area contributed by atoms with Gasteiger partial charge in [-0.15, -0.1) is 0 Å². The molecule has 0 aliphatic heterocycles. The first-order chi connectivity index (χ1) is 8.84. The van der Waals surface area contributed by atoms with Gasteiger partial charge in [-0.1, -0.05) is 32.9 Å². The first-order valence-corrected chi connectivity index (χ1v) is 6.58. The van der Waals surface area contributed by atoms with Gasteiger partial charge in [-0.25, -0.2) is 4.98 Å². The molecule has 3 nitrogen and oxygen atoms in total. The molecule has 0 aliphatic rings. The van der Waals surface area contributed by atoms with Crippen molar-refractivity contribution in [2.45, 2.75) is 39.2 Å². The summed E-state index contributed by atoms with van der Waals surface area (Å²) in [5.74, 6) is 0.797. The molecular weight excluding hydrogens is 236 g/mol. The Morgan fingerprint density at radius 1 is 1.26 bits per heavy atom. The van der Waals surface area contributed by atoms with Crippen molar-refractivity contribution in [3.05, 3.63) is 35.5 Å². The van der Waals surface area contributed by atoms with Crippen LogP contribution in [0.5, 0.6) is 5.75 Å². The number of ether oxygens (including phenoxy) is 1. The molecule has 19 heavy (non-hydrogen) atoms. The molecule has 0 aliphatic carbocycles. The van der Waals surface area contributed by atoms with Gasteiger partial charge in [0.2, 0.25) is 0 Å². The van der Waals surface area contributed by atoms with Crippen LogP contribution < -0.4 is 10.5 Å². The maximum Gasteiger partial charge on any atom is 0.145 e. The van der Waals surface area contributed by atoms with Gasteiger partial charge in [0.1, 0.15) is 11.3 Å². The minimum absolute atomic E-state index is 0.0152. The summed E-state index contributed by atoms with van der Waals surface area (Å²) in [5, 5.41) is 1.07. The third-order valence-corrected chi connectivity index (χ3v) is 3.31. The van der Waals surface area contributed by atoms with Gasteiger partial charge < -0.3 is 10.5 Å². The largest absolute Gasteiger partial charge is 0.494 e. The molecule has 0 bridgehead atoms. The van der Waals surface area contributed by atoms with Gasteiger partial charge in [0, 0.05) is 22.5 Å². The highest BCUT2D eigenvalue weighted by molar-refractivity contribution is 5.88. The van der Waals surface area contributed by atoms with Crippen molar-refractivity contribution in [1.29, 1.82) is 0 Å². The Bertz CT molecular complexity index is 597. The van der Waals surface area contributed by atoms with Crippen LogP contribution in [0.3, 0.4) is 0 Å². The highest BCUT2D eigenvalue weighted by Gasteiger charge is 2.20. The average Bonchev–Trinajstić information content (AvgIpc) is 2.35. The molecule has 2 aromatic rings. The fraction of sp³-hybridized carbons (Fsp3) is 0.438. The van der Waals surface area contributed by atoms with Crippen LogP contribution in [0.4, 0.5) is 0 Å². The predicted molar refractivity (Wildman–Crippen MR) is 79.6 cm³/mol. The molecule has 1 heterocycles. The number of nitrogens with two attached hydrogens (primary N) is 1. The lowest BCUT2D eigenvalue weighted by Crippen LogP contribution is -2.16. The number of methoxy groups -OCH3 is 1. The predicted octanol–water partition coefficient (Wildman–Crippen LogP) is 3.56. The van der Waals surface area contributed by atoms with Gasteiger partial charge >= 0.3 is 0 Å². The van der Waals surface area contributed by atoms with E-state index in [0.29, 0.717) is 0 Å². The summed E-state index contributed by atoms with van der Waals surface area (Å²) >= 11 is 0. The SMILES string of the molecule is COc1cccc2c(C(C)N)cc(C(C)(C)C)nc12. The molecule has 2 rings (SSSR count). The smallest absolute Gasteiger partial charge is 0.145 e. The fourth-order valence-corrected chi connectivity index (χ4v) is 2.17. The minimum Gasteiger partial charge on any atom is -0.494 e. The molecular formula is C16H22N2O. The molecule has 1 unspecified atom stereocenters. The van der Waals surface area contributed by atoms with E-state index < -0.39 is 0 Å². The highest BCUT2D eigenvalue weighted by atomic mass is 16.5. The zero-order valence-electron chi connectivity index (χ0n) is 12.3. The normalized spacial score (nSPS) is 13.6. The maximum atomic E-state index is 6.11. The molecule has 0 saturated heterocycles. The highest BCUT2D eigenvalue weighted by Crippen LogP contribution is 2.32. The standard InChI is InChI=1S/C16H22N2O/c1-10(17)12-9-14(16(2,3)4)18-15-11(12)7-6-8-13(15)19-5/h6-10H,17H2,1-5H3. The van der Waals surface area contributed by atoms with Crippen molar-refractivity contribution in [2.24, 2.45) is 5.73 Å². The lowest BCUT2D eigenvalue weighted by molar-refractivity contribution is 0.418. The van der Waals surface area contributed by atoms with Crippen molar-refractivity contribution in [2.75, 3.05) is 7.11 Å². The van der Waals surface area contributed by atoms with Crippen LogP contribution in [0.1, 0.15) is 45.0 Å². The summed E-state index contributed by atoms with van der Waals surface area (Å²) in [7, 11) is 1.67. The maximum absolute atomic E-state index is 6.11. The van der Waals surface area contributed by atoms with Gasteiger partial charge in [0.25, 0.3) is 0 Å². The molecule has 3 heteroatoms. The van der Waals surface area contributed by atoms with Crippen molar-refractivity contribution in [1.82, 2.24) is 4.98 Å². The van der Waals surface area contributed by atoms with E-state index in [1.807, 2.05) is 19.1 Å². The Hall–Kier alpha value is -1.61. The number of nitrogens with zero attached hydrogens (tertiary/aromatic N) is 1. The van der Waals surface area contributed by atoms with Gasteiger partial charge in [-0.3, -0.25) is 0 Å². The number of hydrogen-bond acceptors (Lipinski definition) is 3. The molecule has 1 aromatic carbocycles. The fourth-order valence-electron chi connectivity index (χ4n) is 2.17. The molecule has 1 atom stereocenters. The van der Waals surface area contributed by atoms with Gasteiger partial charge in [-0.2, -0.15) is 0 Å². The van der Waals surface area contributed by atoms with Crippen LogP contribution in [0.15, 0.2) is 24.3 Å². The molecule has 2 N–H and O–H groups in total. The summed E-state index contributed by atoms with van der Waals surface area (Å²) in [6.07, 6.45) is 0. The average molecular weight is 258 g/mol. The second-order valence-electron chi connectivity index (χ2n) is 5.99. The van der Waals surface area contributed by atoms with Crippen LogP contribution in [-0.4, -0.2) is 12.1 Å². The van der Waals surface area contributed by atoms with E-state index in [9.17, 15) is 0 Å². The van der Waals surface area contributed by atoms with E-state index in [0.717, 1.165) is 27.9 Å². The third kappa shape index (κ3) is 2.56. The van der Waals surface area contributed by atoms with Crippen LogP contribution in [0.2, 0.25) is 0 Å². The summed E-state index contributed by atoms with van der Waals surface area (Å²) in [6, 6.07) is 8.06. The number of hydrogen-bond donors (Lipinski definition) is 1. The van der Waals surface area contributed by atoms with E-state index in [2.05, 4.69) is 32.9 Å². The van der Waals surface area contributed by atoms with Crippen LogP contribution in [-0.2, 0) is 5.41 Å². The minimum atomic E-state index is -0.0290. The number of rotatable bonds is 2. The topological polar surface area (TPSA) is 48.1 Å². The number of benzene rings is 1. The third-order valence-electron chi connectivity index (χ3n) is 3.31. The Balaban J connectivity index is 2.84. The molecule has 0 spiro atoms. The Morgan fingerprint density at radius 3 is 2.47 bits per heavy atom. The summed E-state index contributed by atoms with van der Waals surface area (Å²) in [5.41, 5.74) is 9.15. The number of para-hydroxylation sites is 1. The molecule has 102 valence electrons. The Kier molecular flexibility index (Phi) is 3.50. The molecule has 0 radical (unpaired) electrons. The summed E-state index contributed by atoms with van der Waals surface area (Å²) < 4.78 is 5.43. The van der Waals surface area contributed by atoms with Crippen LogP contribution >= 0.6 is 0 Å². The van der Waals surface area contributed by atoms with E-state index in [-0.39, 0.29) is 11.5 Å². The van der Waals surface area contributed by atoms with E-state index >= 15 is 0 Å². The molecule has 0 amide bonds. The van der Waals surface area contributed by atoms with Crippen molar-refractivity contribution in [3.63, 3.8) is 0 Å². The Labute approximate surface area is 114 Å². The quantitative estimate of drug-likeness (QED) is 0.896. The number of pyridine rings is 1.